The molecule has 0 aromatic heterocycles. The number of rotatable bonds is 2. The van der Waals surface area contributed by atoms with E-state index in [4.69, 9.17) is 4.42 Å². The average Bonchev–Trinajstić information content (AvgIpc) is 2.75. The molecule has 1 heterocycles. The van der Waals surface area contributed by atoms with Crippen LogP contribution in [-0.4, -0.2) is 11.0 Å². The van der Waals surface area contributed by atoms with E-state index in [9.17, 15) is 19.6 Å². The van der Waals surface area contributed by atoms with E-state index < -0.39 is 5.91 Å². The molecule has 0 unspecified atom stereocenters. The summed E-state index contributed by atoms with van der Waals surface area (Å²) in [6.07, 6.45) is 0. The van der Waals surface area contributed by atoms with Crippen LogP contribution < -0.4 is 5.43 Å². The Bertz CT molecular complexity index is 1410. The summed E-state index contributed by atoms with van der Waals surface area (Å²) in [5, 5.41) is 13.4. The van der Waals surface area contributed by atoms with E-state index in [1.165, 1.54) is 6.07 Å². The molecular weight excluding hydrogens is 654 g/mol. The van der Waals surface area contributed by atoms with Crippen LogP contribution in [0.2, 0.25) is 0 Å². The van der Waals surface area contributed by atoms with Crippen molar-refractivity contribution in [3.63, 3.8) is 0 Å². The quantitative estimate of drug-likeness (QED) is 0.181. The van der Waals surface area contributed by atoms with Crippen molar-refractivity contribution < 1.29 is 14.3 Å². The zero-order chi connectivity index (χ0) is 21.7. The second-order valence-corrected chi connectivity index (χ2v) is 9.49. The Morgan fingerprint density at radius 3 is 2.37 bits per heavy atom. The molecule has 1 aliphatic heterocycles. The van der Waals surface area contributed by atoms with Crippen LogP contribution in [0.25, 0.3) is 33.4 Å². The number of amides is 1. The van der Waals surface area contributed by atoms with Gasteiger partial charge in [-0.1, -0.05) is 18.2 Å². The fourth-order valence-electron chi connectivity index (χ4n) is 3.22. The molecule has 0 bridgehead atoms. The highest BCUT2D eigenvalue weighted by atomic mass is 79.9. The van der Waals surface area contributed by atoms with Gasteiger partial charge in [-0.2, -0.15) is 0 Å². The van der Waals surface area contributed by atoms with Gasteiger partial charge in [0.1, 0.15) is 14.7 Å². The van der Waals surface area contributed by atoms with Crippen molar-refractivity contribution in [2.24, 2.45) is 5.18 Å². The zero-order valence-electron chi connectivity index (χ0n) is 14.5. The summed E-state index contributed by atoms with van der Waals surface area (Å²) in [5.41, 5.74) is 1.49. The van der Waals surface area contributed by atoms with E-state index in [1.54, 1.807) is 30.3 Å². The maximum absolute atomic E-state index is 12.5. The molecular formula is C20H7Br4NO5. The fraction of sp³-hybridized carbons (Fsp3) is 0. The minimum Gasteiger partial charge on any atom is -0.505 e. The second-order valence-electron chi connectivity index (χ2n) is 6.19. The third-order valence-corrected chi connectivity index (χ3v) is 7.18. The molecule has 0 saturated heterocycles. The molecule has 4 rings (SSSR count). The van der Waals surface area contributed by atoms with Gasteiger partial charge in [0.15, 0.2) is 11.3 Å². The van der Waals surface area contributed by atoms with Crippen molar-refractivity contribution >= 4 is 80.6 Å². The molecule has 0 saturated carbocycles. The number of aromatic hydroxyl groups is 1. The summed E-state index contributed by atoms with van der Waals surface area (Å²) < 4.78 is 7.10. The van der Waals surface area contributed by atoms with Crippen molar-refractivity contribution in [3.05, 3.63) is 75.0 Å². The minimum atomic E-state index is -0.928. The van der Waals surface area contributed by atoms with Gasteiger partial charge in [0.25, 0.3) is 0 Å². The van der Waals surface area contributed by atoms with Gasteiger partial charge in [0.05, 0.1) is 14.5 Å². The third-order valence-electron chi connectivity index (χ3n) is 4.53. The Hall–Kier alpha value is -1.88. The van der Waals surface area contributed by atoms with Gasteiger partial charge in [-0.15, -0.1) is 4.91 Å². The number of phenols is 1. The van der Waals surface area contributed by atoms with E-state index in [1.807, 2.05) is 0 Å². The molecule has 1 N–H and O–H groups in total. The van der Waals surface area contributed by atoms with E-state index in [0.717, 1.165) is 0 Å². The topological polar surface area (TPSA) is 96.9 Å². The average molecular weight is 661 g/mol. The minimum absolute atomic E-state index is 0.0916. The molecule has 2 aliphatic rings. The number of carbonyl (C=O) groups is 1. The molecule has 2 aromatic carbocycles. The zero-order valence-corrected chi connectivity index (χ0v) is 20.8. The number of nitrogens with zero attached hydrogens (tertiary/aromatic N) is 1. The lowest BCUT2D eigenvalue weighted by atomic mass is 9.90. The van der Waals surface area contributed by atoms with Gasteiger partial charge in [-0.3, -0.25) is 9.59 Å². The van der Waals surface area contributed by atoms with Crippen LogP contribution in [0.3, 0.4) is 0 Å². The predicted octanol–water partition coefficient (Wildman–Crippen LogP) is 7.23. The highest BCUT2D eigenvalue weighted by molar-refractivity contribution is 9.11. The number of nitroso groups, excluding NO2 is 1. The normalized spacial score (nSPS) is 11.2. The van der Waals surface area contributed by atoms with Crippen molar-refractivity contribution in [2.45, 2.75) is 0 Å². The molecule has 10 heteroatoms. The first-order valence-corrected chi connectivity index (χ1v) is 11.4. The molecule has 30 heavy (non-hydrogen) atoms. The Labute approximate surface area is 202 Å². The number of carbonyl (C=O) groups excluding carboxylic acids is 1. The highest BCUT2D eigenvalue weighted by Gasteiger charge is 2.27. The predicted molar refractivity (Wildman–Crippen MR) is 127 cm³/mol. The van der Waals surface area contributed by atoms with Crippen molar-refractivity contribution in [1.82, 2.24) is 0 Å². The Morgan fingerprint density at radius 1 is 0.967 bits per heavy atom. The van der Waals surface area contributed by atoms with Gasteiger partial charge in [0.2, 0.25) is 5.43 Å². The van der Waals surface area contributed by atoms with E-state index >= 15 is 0 Å². The smallest absolute Gasteiger partial charge is 0.317 e. The van der Waals surface area contributed by atoms with E-state index in [2.05, 4.69) is 68.9 Å². The Balaban J connectivity index is 2.32. The van der Waals surface area contributed by atoms with Gasteiger partial charge >= 0.3 is 5.91 Å². The molecule has 0 fully saturated rings. The molecule has 0 atom stereocenters. The summed E-state index contributed by atoms with van der Waals surface area (Å²) in [4.78, 5) is 35.7. The first kappa shape index (κ1) is 21.4. The number of fused-ring (bicyclic) bond motifs is 2. The van der Waals surface area contributed by atoms with Crippen LogP contribution in [0.4, 0.5) is 0 Å². The van der Waals surface area contributed by atoms with Gasteiger partial charge < -0.3 is 9.52 Å². The van der Waals surface area contributed by atoms with Crippen LogP contribution in [0.1, 0.15) is 10.4 Å². The number of hydrogen-bond donors (Lipinski definition) is 1. The molecule has 2 aromatic rings. The highest BCUT2D eigenvalue weighted by Crippen LogP contribution is 2.49. The Kier molecular flexibility index (Phi) is 5.69. The van der Waals surface area contributed by atoms with Crippen LogP contribution in [-0.2, 0) is 0 Å². The SMILES string of the molecule is O=NC(=O)c1ccccc1-c1c2cc(Br)c(=O)c(Br)c-2oc2c(Br)c(O)c(Br)cc12. The van der Waals surface area contributed by atoms with Crippen molar-refractivity contribution in [3.8, 4) is 28.2 Å². The van der Waals surface area contributed by atoms with Crippen LogP contribution in [0, 0.1) is 4.91 Å². The standard InChI is InChI=1S/C20H7Br4NO5/c21-11-5-9-13(7-3-1-2-4-8(7)20(28)25-29)10-6-12(22)17(27)15(24)19(10)30-18(9)14(23)16(11)26/h1-6,26H. The molecule has 0 radical (unpaired) electrons. The molecule has 0 spiro atoms. The summed E-state index contributed by atoms with van der Waals surface area (Å²) in [7, 11) is 0. The first-order chi connectivity index (χ1) is 14.3. The lowest BCUT2D eigenvalue weighted by molar-refractivity contribution is 0.100. The van der Waals surface area contributed by atoms with Crippen LogP contribution >= 0.6 is 63.7 Å². The van der Waals surface area contributed by atoms with Crippen LogP contribution in [0.15, 0.2) is 68.7 Å². The van der Waals surface area contributed by atoms with E-state index in [-0.39, 0.29) is 41.5 Å². The molecule has 1 aliphatic carbocycles. The monoisotopic (exact) mass is 657 g/mol. The lowest BCUT2D eigenvalue weighted by Gasteiger charge is -2.19. The van der Waals surface area contributed by atoms with E-state index in [0.29, 0.717) is 26.5 Å². The van der Waals surface area contributed by atoms with Crippen molar-refractivity contribution in [1.29, 1.82) is 0 Å². The van der Waals surface area contributed by atoms with Gasteiger partial charge in [0, 0.05) is 21.7 Å². The largest absolute Gasteiger partial charge is 0.505 e. The first-order valence-electron chi connectivity index (χ1n) is 8.18. The number of benzene rings is 3. The van der Waals surface area contributed by atoms with Crippen molar-refractivity contribution in [2.75, 3.05) is 0 Å². The van der Waals surface area contributed by atoms with Gasteiger partial charge in [-0.25, -0.2) is 0 Å². The third kappa shape index (κ3) is 3.26. The Morgan fingerprint density at radius 2 is 1.67 bits per heavy atom. The summed E-state index contributed by atoms with van der Waals surface area (Å²) in [6, 6.07) is 9.74. The van der Waals surface area contributed by atoms with Gasteiger partial charge in [-0.05, 0) is 87.5 Å². The number of halogens is 4. The fourth-order valence-corrected chi connectivity index (χ4v) is 5.62. The van der Waals surface area contributed by atoms with Crippen LogP contribution in [0.5, 0.6) is 5.75 Å². The maximum atomic E-state index is 12.5. The summed E-state index contributed by atoms with van der Waals surface area (Å²) >= 11 is 13.2. The number of phenolic OH excluding ortho intramolecular Hbond substituents is 1. The molecule has 6 nitrogen and oxygen atoms in total. The number of hydrogen-bond acceptors (Lipinski definition) is 5. The summed E-state index contributed by atoms with van der Waals surface area (Å²) in [5.74, 6) is -0.802. The molecule has 150 valence electrons. The lowest BCUT2D eigenvalue weighted by Crippen LogP contribution is -2.07. The summed E-state index contributed by atoms with van der Waals surface area (Å²) in [6.45, 7) is 0. The maximum Gasteiger partial charge on any atom is 0.317 e. The molecule has 1 amide bonds. The second kappa shape index (κ2) is 7.99.